The maximum atomic E-state index is 12.7. The Morgan fingerprint density at radius 3 is 2.90 bits per heavy atom. The van der Waals surface area contributed by atoms with E-state index in [1.54, 1.807) is 12.1 Å². The average Bonchev–Trinajstić information content (AvgIpc) is 3.23. The summed E-state index contributed by atoms with van der Waals surface area (Å²) in [5.74, 6) is -1.03. The summed E-state index contributed by atoms with van der Waals surface area (Å²) in [5.41, 5.74) is 0.652. The molecule has 1 aromatic heterocycles. The standard InChI is InChI=1S/C21H24N4O6/c1-23-12-24(6-8-30-2)21(29)17-19(27)18(26)15(11-25(17)23)20(28)22-10-13-3-4-16-14(9-13)5-7-31-16/h3-4,9,11,27H,5-8,10,12H2,1-2H3,(H,22,28). The third kappa shape index (κ3) is 3.81. The lowest BCUT2D eigenvalue weighted by molar-refractivity contribution is 0.0629. The minimum absolute atomic E-state index is 0.176. The molecular weight excluding hydrogens is 404 g/mol. The van der Waals surface area contributed by atoms with Gasteiger partial charge < -0.3 is 24.8 Å². The average molecular weight is 428 g/mol. The van der Waals surface area contributed by atoms with Crippen LogP contribution in [0.1, 0.15) is 32.0 Å². The van der Waals surface area contributed by atoms with Crippen molar-refractivity contribution < 1.29 is 24.2 Å². The Balaban J connectivity index is 1.56. The van der Waals surface area contributed by atoms with E-state index in [0.29, 0.717) is 19.8 Å². The third-order valence-corrected chi connectivity index (χ3v) is 5.41. The van der Waals surface area contributed by atoms with E-state index in [4.69, 9.17) is 9.47 Å². The second-order valence-corrected chi connectivity index (χ2v) is 7.50. The Labute approximate surface area is 178 Å². The smallest absolute Gasteiger partial charge is 0.277 e. The van der Waals surface area contributed by atoms with Crippen molar-refractivity contribution in [3.05, 3.63) is 57.0 Å². The molecule has 0 spiro atoms. The number of pyridine rings is 1. The summed E-state index contributed by atoms with van der Waals surface area (Å²) in [6.07, 6.45) is 2.10. The summed E-state index contributed by atoms with van der Waals surface area (Å²) in [6.45, 7) is 1.70. The molecular formula is C21H24N4O6. The lowest BCUT2D eigenvalue weighted by atomic mass is 10.1. The molecule has 0 bridgehead atoms. The molecule has 0 fully saturated rings. The van der Waals surface area contributed by atoms with Crippen LogP contribution in [-0.4, -0.2) is 67.1 Å². The normalized spacial score (nSPS) is 14.8. The predicted molar refractivity (Wildman–Crippen MR) is 111 cm³/mol. The Kier molecular flexibility index (Phi) is 5.55. The van der Waals surface area contributed by atoms with Crippen LogP contribution in [-0.2, 0) is 17.7 Å². The van der Waals surface area contributed by atoms with Crippen LogP contribution in [0.4, 0.5) is 0 Å². The number of amides is 2. The van der Waals surface area contributed by atoms with Crippen molar-refractivity contribution in [2.24, 2.45) is 0 Å². The fourth-order valence-corrected chi connectivity index (χ4v) is 3.75. The number of nitrogens with zero attached hydrogens (tertiary/aromatic N) is 3. The Bertz CT molecular complexity index is 1100. The van der Waals surface area contributed by atoms with Crippen molar-refractivity contribution >= 4 is 11.8 Å². The number of ether oxygens (including phenoxy) is 2. The molecule has 0 aliphatic carbocycles. The van der Waals surface area contributed by atoms with Crippen molar-refractivity contribution in [3.8, 4) is 11.5 Å². The summed E-state index contributed by atoms with van der Waals surface area (Å²) in [4.78, 5) is 39.6. The largest absolute Gasteiger partial charge is 0.502 e. The summed E-state index contributed by atoms with van der Waals surface area (Å²) in [7, 11) is 3.21. The van der Waals surface area contributed by atoms with Crippen LogP contribution in [0.3, 0.4) is 0 Å². The molecule has 2 amide bonds. The SMILES string of the molecule is COCCN1CN(C)n2cc(C(=O)NCc3ccc4c(c3)CCO4)c(=O)c(O)c2C1=O. The fourth-order valence-electron chi connectivity index (χ4n) is 3.75. The molecule has 10 nitrogen and oxygen atoms in total. The van der Waals surface area contributed by atoms with Crippen molar-refractivity contribution in [1.29, 1.82) is 0 Å². The first-order valence-electron chi connectivity index (χ1n) is 9.91. The number of aromatic hydroxyl groups is 1. The van der Waals surface area contributed by atoms with E-state index in [1.807, 2.05) is 18.2 Å². The topological polar surface area (TPSA) is 113 Å². The zero-order valence-corrected chi connectivity index (χ0v) is 17.4. The van der Waals surface area contributed by atoms with Crippen LogP contribution in [0.25, 0.3) is 0 Å². The highest BCUT2D eigenvalue weighted by atomic mass is 16.5. The Morgan fingerprint density at radius 1 is 1.32 bits per heavy atom. The third-order valence-electron chi connectivity index (χ3n) is 5.41. The van der Waals surface area contributed by atoms with E-state index in [1.165, 1.54) is 22.9 Å². The highest BCUT2D eigenvalue weighted by molar-refractivity contribution is 5.99. The number of methoxy groups -OCH3 is 1. The predicted octanol–water partition coefficient (Wildman–Crippen LogP) is 0.0463. The van der Waals surface area contributed by atoms with Gasteiger partial charge in [0, 0.05) is 39.9 Å². The Hall–Kier alpha value is -3.53. The van der Waals surface area contributed by atoms with Crippen LogP contribution in [0.15, 0.2) is 29.2 Å². The first-order valence-corrected chi connectivity index (χ1v) is 9.91. The second kappa shape index (κ2) is 8.31. The minimum atomic E-state index is -0.888. The molecule has 0 saturated heterocycles. The molecule has 10 heteroatoms. The number of carbonyl (C=O) groups excluding carboxylic acids is 2. The van der Waals surface area contributed by atoms with Gasteiger partial charge in [-0.25, -0.2) is 0 Å². The van der Waals surface area contributed by atoms with Gasteiger partial charge >= 0.3 is 0 Å². The van der Waals surface area contributed by atoms with Crippen molar-refractivity contribution in [2.45, 2.75) is 13.0 Å². The zero-order valence-electron chi connectivity index (χ0n) is 17.4. The molecule has 164 valence electrons. The van der Waals surface area contributed by atoms with Crippen molar-refractivity contribution in [3.63, 3.8) is 0 Å². The van der Waals surface area contributed by atoms with Gasteiger partial charge in [0.15, 0.2) is 11.4 Å². The number of carbonyl (C=O) groups is 2. The summed E-state index contributed by atoms with van der Waals surface area (Å²) >= 11 is 0. The number of hydrogen-bond acceptors (Lipinski definition) is 7. The van der Waals surface area contributed by atoms with E-state index >= 15 is 0 Å². The highest BCUT2D eigenvalue weighted by Gasteiger charge is 2.33. The number of fused-ring (bicyclic) bond motifs is 2. The lowest BCUT2D eigenvalue weighted by Crippen LogP contribution is -2.53. The van der Waals surface area contributed by atoms with E-state index in [-0.39, 0.29) is 24.5 Å². The van der Waals surface area contributed by atoms with Crippen LogP contribution in [0, 0.1) is 0 Å². The van der Waals surface area contributed by atoms with E-state index in [2.05, 4.69) is 5.32 Å². The molecule has 0 unspecified atom stereocenters. The molecule has 31 heavy (non-hydrogen) atoms. The van der Waals surface area contributed by atoms with Crippen LogP contribution in [0.2, 0.25) is 0 Å². The monoisotopic (exact) mass is 428 g/mol. The van der Waals surface area contributed by atoms with Gasteiger partial charge in [-0.05, 0) is 17.2 Å². The number of aromatic nitrogens is 1. The van der Waals surface area contributed by atoms with Gasteiger partial charge in [-0.15, -0.1) is 0 Å². The maximum absolute atomic E-state index is 12.7. The molecule has 2 aliphatic heterocycles. The van der Waals surface area contributed by atoms with Gasteiger partial charge in [-0.1, -0.05) is 12.1 Å². The first-order chi connectivity index (χ1) is 14.9. The number of rotatable bonds is 6. The number of benzene rings is 1. The van der Waals surface area contributed by atoms with Gasteiger partial charge in [-0.2, -0.15) is 0 Å². The zero-order chi connectivity index (χ0) is 22.1. The van der Waals surface area contributed by atoms with E-state index in [9.17, 15) is 19.5 Å². The first kappa shape index (κ1) is 20.7. The van der Waals surface area contributed by atoms with Crippen LogP contribution < -0.4 is 20.5 Å². The van der Waals surface area contributed by atoms with E-state index < -0.39 is 23.0 Å². The number of nitrogens with one attached hydrogen (secondary N) is 1. The molecule has 2 N–H and O–H groups in total. The maximum Gasteiger partial charge on any atom is 0.277 e. The summed E-state index contributed by atoms with van der Waals surface area (Å²) in [5, 5.41) is 14.8. The van der Waals surface area contributed by atoms with Crippen LogP contribution in [0.5, 0.6) is 11.5 Å². The van der Waals surface area contributed by atoms with Gasteiger partial charge in [0.1, 0.15) is 18.0 Å². The minimum Gasteiger partial charge on any atom is -0.502 e. The molecule has 0 radical (unpaired) electrons. The lowest BCUT2D eigenvalue weighted by Gasteiger charge is -2.37. The summed E-state index contributed by atoms with van der Waals surface area (Å²) in [6, 6.07) is 5.67. The molecule has 0 saturated carbocycles. The highest BCUT2D eigenvalue weighted by Crippen LogP contribution is 2.26. The van der Waals surface area contributed by atoms with Gasteiger partial charge in [0.05, 0.1) is 13.2 Å². The quantitative estimate of drug-likeness (QED) is 0.668. The Morgan fingerprint density at radius 2 is 2.13 bits per heavy atom. The molecule has 0 atom stereocenters. The molecule has 2 aliphatic rings. The van der Waals surface area contributed by atoms with Crippen molar-refractivity contribution in [1.82, 2.24) is 14.9 Å². The number of hydrogen-bond donors (Lipinski definition) is 2. The van der Waals surface area contributed by atoms with Crippen LogP contribution >= 0.6 is 0 Å². The van der Waals surface area contributed by atoms with Crippen molar-refractivity contribution in [2.75, 3.05) is 45.6 Å². The molecule has 1 aromatic carbocycles. The summed E-state index contributed by atoms with van der Waals surface area (Å²) < 4.78 is 11.8. The van der Waals surface area contributed by atoms with Gasteiger partial charge in [0.2, 0.25) is 5.43 Å². The fraction of sp³-hybridized carbons (Fsp3) is 0.381. The second-order valence-electron chi connectivity index (χ2n) is 7.50. The molecule has 4 rings (SSSR count). The van der Waals surface area contributed by atoms with Gasteiger partial charge in [-0.3, -0.25) is 24.1 Å². The molecule has 2 aromatic rings. The molecule has 3 heterocycles. The van der Waals surface area contributed by atoms with E-state index in [0.717, 1.165) is 23.3 Å². The van der Waals surface area contributed by atoms with Gasteiger partial charge in [0.25, 0.3) is 11.8 Å².